The zero-order valence-electron chi connectivity index (χ0n) is 14.8. The number of nitrogens with zero attached hydrogens (tertiary/aromatic N) is 2. The van der Waals surface area contributed by atoms with Crippen molar-refractivity contribution < 1.29 is 22.5 Å². The number of methoxy groups -OCH3 is 1. The Morgan fingerprint density at radius 1 is 1.24 bits per heavy atom. The van der Waals surface area contributed by atoms with Gasteiger partial charge in [0.05, 0.1) is 13.7 Å². The lowest BCUT2D eigenvalue weighted by Crippen LogP contribution is -2.35. The molecule has 1 aromatic carbocycles. The Morgan fingerprint density at radius 3 is 2.44 bits per heavy atom. The normalized spacial score (nSPS) is 11.6. The number of hydrogen-bond acceptors (Lipinski definition) is 6. The summed E-state index contributed by atoms with van der Waals surface area (Å²) >= 11 is 0. The molecule has 0 aliphatic carbocycles. The van der Waals surface area contributed by atoms with Crippen molar-refractivity contribution >= 4 is 21.7 Å². The third-order valence-corrected chi connectivity index (χ3v) is 5.55. The molecule has 9 heteroatoms. The average molecular weight is 367 g/mol. The minimum Gasteiger partial charge on any atom is -0.495 e. The Morgan fingerprint density at radius 2 is 1.88 bits per heavy atom. The fourth-order valence-electron chi connectivity index (χ4n) is 2.19. The highest BCUT2D eigenvalue weighted by Crippen LogP contribution is 2.29. The van der Waals surface area contributed by atoms with E-state index in [9.17, 15) is 13.2 Å². The van der Waals surface area contributed by atoms with E-state index >= 15 is 0 Å². The molecule has 1 aromatic heterocycles. The van der Waals surface area contributed by atoms with Gasteiger partial charge in [0.1, 0.15) is 16.4 Å². The second kappa shape index (κ2) is 7.24. The molecular formula is C16H21N3O5S. The minimum atomic E-state index is -3.90. The summed E-state index contributed by atoms with van der Waals surface area (Å²) in [7, 11) is -1.16. The van der Waals surface area contributed by atoms with Crippen LogP contribution in [-0.4, -0.2) is 44.5 Å². The summed E-state index contributed by atoms with van der Waals surface area (Å²) in [6.07, 6.45) is 0. The molecule has 1 heterocycles. The molecule has 8 nitrogen and oxygen atoms in total. The third-order valence-electron chi connectivity index (χ3n) is 3.73. The van der Waals surface area contributed by atoms with Crippen LogP contribution in [-0.2, 0) is 14.8 Å². The molecule has 1 N–H and O–H groups in total. The number of carbonyl (C=O) groups excluding carboxylic acids is 1. The SMILES string of the molecule is COc1cc(C)c(C)cc1S(=O)(=O)N(C)CC(=O)Nc1cc(C)on1. The van der Waals surface area contributed by atoms with E-state index in [4.69, 9.17) is 9.26 Å². The van der Waals surface area contributed by atoms with Crippen LogP contribution in [0.4, 0.5) is 5.82 Å². The van der Waals surface area contributed by atoms with Crippen LogP contribution in [0.3, 0.4) is 0 Å². The number of sulfonamides is 1. The van der Waals surface area contributed by atoms with E-state index < -0.39 is 15.9 Å². The van der Waals surface area contributed by atoms with Crippen LogP contribution in [0.1, 0.15) is 16.9 Å². The highest BCUT2D eigenvalue weighted by Gasteiger charge is 2.27. The standard InChI is InChI=1S/C16H21N3O5S/c1-10-6-13(23-5)14(7-11(10)2)25(21,22)19(4)9-16(20)17-15-8-12(3)24-18-15/h6-8H,9H2,1-5H3,(H,17,18,20). The minimum absolute atomic E-state index is 0.0191. The molecular weight excluding hydrogens is 346 g/mol. The lowest BCUT2D eigenvalue weighted by atomic mass is 10.1. The van der Waals surface area contributed by atoms with Crippen molar-refractivity contribution in [2.45, 2.75) is 25.7 Å². The first-order valence-corrected chi connectivity index (χ1v) is 8.94. The zero-order chi connectivity index (χ0) is 18.8. The predicted molar refractivity (Wildman–Crippen MR) is 92.2 cm³/mol. The topological polar surface area (TPSA) is 102 Å². The number of anilines is 1. The molecule has 0 spiro atoms. The van der Waals surface area contributed by atoms with Gasteiger partial charge in [-0.25, -0.2) is 8.42 Å². The summed E-state index contributed by atoms with van der Waals surface area (Å²) < 4.78 is 36.6. The van der Waals surface area contributed by atoms with Crippen LogP contribution >= 0.6 is 0 Å². The van der Waals surface area contributed by atoms with E-state index in [-0.39, 0.29) is 23.0 Å². The van der Waals surface area contributed by atoms with Crippen molar-refractivity contribution in [1.82, 2.24) is 9.46 Å². The molecule has 1 amide bonds. The Kier molecular flexibility index (Phi) is 5.48. The summed E-state index contributed by atoms with van der Waals surface area (Å²) in [6.45, 7) is 4.99. The molecule has 25 heavy (non-hydrogen) atoms. The summed E-state index contributed by atoms with van der Waals surface area (Å²) in [5, 5.41) is 6.12. The quantitative estimate of drug-likeness (QED) is 0.836. The molecule has 0 fully saturated rings. The highest BCUT2D eigenvalue weighted by molar-refractivity contribution is 7.89. The Bertz CT molecular complexity index is 889. The molecule has 0 saturated carbocycles. The summed E-state index contributed by atoms with van der Waals surface area (Å²) in [5.41, 5.74) is 1.73. The van der Waals surface area contributed by atoms with E-state index in [2.05, 4.69) is 10.5 Å². The summed E-state index contributed by atoms with van der Waals surface area (Å²) in [5.74, 6) is 0.484. The number of carbonyl (C=O) groups is 1. The zero-order valence-corrected chi connectivity index (χ0v) is 15.6. The number of nitrogens with one attached hydrogen (secondary N) is 1. The number of aryl methyl sites for hydroxylation is 3. The fourth-order valence-corrected chi connectivity index (χ4v) is 3.53. The van der Waals surface area contributed by atoms with Gasteiger partial charge in [-0.1, -0.05) is 5.16 Å². The Labute approximate surface area is 146 Å². The van der Waals surface area contributed by atoms with Crippen molar-refractivity contribution in [2.24, 2.45) is 0 Å². The largest absolute Gasteiger partial charge is 0.495 e. The van der Waals surface area contributed by atoms with Gasteiger partial charge in [-0.2, -0.15) is 4.31 Å². The number of hydrogen-bond donors (Lipinski definition) is 1. The molecule has 0 radical (unpaired) electrons. The van der Waals surface area contributed by atoms with Crippen LogP contribution in [0.2, 0.25) is 0 Å². The molecule has 0 unspecified atom stereocenters. The average Bonchev–Trinajstić information content (AvgIpc) is 2.94. The van der Waals surface area contributed by atoms with E-state index in [1.54, 1.807) is 25.1 Å². The van der Waals surface area contributed by atoms with Crippen LogP contribution < -0.4 is 10.1 Å². The monoisotopic (exact) mass is 367 g/mol. The lowest BCUT2D eigenvalue weighted by molar-refractivity contribution is -0.116. The van der Waals surface area contributed by atoms with Gasteiger partial charge in [0.15, 0.2) is 5.82 Å². The molecule has 136 valence electrons. The lowest BCUT2D eigenvalue weighted by Gasteiger charge is -2.19. The molecule has 0 atom stereocenters. The number of benzene rings is 1. The molecule has 0 aliphatic heterocycles. The number of aromatic nitrogens is 1. The van der Waals surface area contributed by atoms with E-state index in [1.165, 1.54) is 14.2 Å². The van der Waals surface area contributed by atoms with Gasteiger partial charge in [0, 0.05) is 13.1 Å². The van der Waals surface area contributed by atoms with Gasteiger partial charge >= 0.3 is 0 Å². The maximum Gasteiger partial charge on any atom is 0.246 e. The Hall–Kier alpha value is -2.39. The van der Waals surface area contributed by atoms with Gasteiger partial charge in [0.2, 0.25) is 15.9 Å². The van der Waals surface area contributed by atoms with Crippen molar-refractivity contribution in [2.75, 3.05) is 26.0 Å². The molecule has 2 rings (SSSR count). The second-order valence-electron chi connectivity index (χ2n) is 5.72. The number of ether oxygens (including phenoxy) is 1. The van der Waals surface area contributed by atoms with Crippen LogP contribution in [0, 0.1) is 20.8 Å². The Balaban J connectivity index is 2.21. The third kappa shape index (κ3) is 4.18. The van der Waals surface area contributed by atoms with E-state index in [0.29, 0.717) is 5.76 Å². The summed E-state index contributed by atoms with van der Waals surface area (Å²) in [4.78, 5) is 12.1. The van der Waals surface area contributed by atoms with Crippen LogP contribution in [0.25, 0.3) is 0 Å². The van der Waals surface area contributed by atoms with Crippen molar-refractivity contribution in [3.8, 4) is 5.75 Å². The van der Waals surface area contributed by atoms with Crippen molar-refractivity contribution in [1.29, 1.82) is 0 Å². The van der Waals surface area contributed by atoms with Gasteiger partial charge < -0.3 is 14.6 Å². The molecule has 0 aliphatic rings. The van der Waals surface area contributed by atoms with Gasteiger partial charge in [0.25, 0.3) is 0 Å². The highest BCUT2D eigenvalue weighted by atomic mass is 32.2. The van der Waals surface area contributed by atoms with Crippen molar-refractivity contribution in [3.05, 3.63) is 35.1 Å². The maximum atomic E-state index is 12.8. The molecule has 0 bridgehead atoms. The smallest absolute Gasteiger partial charge is 0.246 e. The first kappa shape index (κ1) is 18.9. The van der Waals surface area contributed by atoms with Gasteiger partial charge in [-0.3, -0.25) is 4.79 Å². The second-order valence-corrected chi connectivity index (χ2v) is 7.73. The molecule has 0 saturated heterocycles. The van der Waals surface area contributed by atoms with Crippen LogP contribution in [0.5, 0.6) is 5.75 Å². The first-order valence-electron chi connectivity index (χ1n) is 7.50. The van der Waals surface area contributed by atoms with Gasteiger partial charge in [-0.05, 0) is 44.0 Å². The maximum absolute atomic E-state index is 12.8. The first-order chi connectivity index (χ1) is 11.6. The summed E-state index contributed by atoms with van der Waals surface area (Å²) in [6, 6.07) is 4.74. The van der Waals surface area contributed by atoms with E-state index in [1.807, 2.05) is 13.8 Å². The van der Waals surface area contributed by atoms with Crippen LogP contribution in [0.15, 0.2) is 27.6 Å². The van der Waals surface area contributed by atoms with E-state index in [0.717, 1.165) is 15.4 Å². The number of rotatable bonds is 6. The van der Waals surface area contributed by atoms with Crippen molar-refractivity contribution in [3.63, 3.8) is 0 Å². The number of amides is 1. The predicted octanol–water partition coefficient (Wildman–Crippen LogP) is 1.87. The molecule has 2 aromatic rings. The number of likely N-dealkylation sites (N-methyl/N-ethyl adjacent to an activating group) is 1. The fraction of sp³-hybridized carbons (Fsp3) is 0.375. The van der Waals surface area contributed by atoms with Gasteiger partial charge in [-0.15, -0.1) is 0 Å².